The van der Waals surface area contributed by atoms with Crippen molar-refractivity contribution in [3.05, 3.63) is 22.9 Å². The first-order chi connectivity index (χ1) is 9.51. The maximum atomic E-state index is 11.0. The molecule has 1 aromatic rings. The van der Waals surface area contributed by atoms with Crippen molar-refractivity contribution in [3.8, 4) is 0 Å². The summed E-state index contributed by atoms with van der Waals surface area (Å²) < 4.78 is 0. The lowest BCUT2D eigenvalue weighted by Crippen LogP contribution is -2.36. The fraction of sp³-hybridized carbons (Fsp3) is 0.600. The van der Waals surface area contributed by atoms with Crippen LogP contribution in [-0.2, 0) is 11.3 Å². The highest BCUT2D eigenvalue weighted by Gasteiger charge is 2.23. The molecule has 110 valence electrons. The maximum Gasteiger partial charge on any atom is 0.217 e. The van der Waals surface area contributed by atoms with E-state index in [1.807, 2.05) is 6.92 Å². The van der Waals surface area contributed by atoms with Gasteiger partial charge >= 0.3 is 0 Å². The molecule has 0 aliphatic carbocycles. The van der Waals surface area contributed by atoms with E-state index in [4.69, 9.17) is 11.5 Å². The van der Waals surface area contributed by atoms with Gasteiger partial charge in [0.15, 0.2) is 0 Å². The van der Waals surface area contributed by atoms with Gasteiger partial charge in [-0.15, -0.1) is 0 Å². The van der Waals surface area contributed by atoms with Crippen molar-refractivity contribution in [2.24, 2.45) is 17.4 Å². The van der Waals surface area contributed by atoms with Crippen LogP contribution in [0.25, 0.3) is 0 Å². The second kappa shape index (κ2) is 6.22. The van der Waals surface area contributed by atoms with Crippen LogP contribution in [0.5, 0.6) is 0 Å². The van der Waals surface area contributed by atoms with E-state index in [1.165, 1.54) is 5.56 Å². The Morgan fingerprint density at radius 2 is 2.05 bits per heavy atom. The number of hydrogen-bond acceptors (Lipinski definition) is 4. The first kappa shape index (κ1) is 14.8. The summed E-state index contributed by atoms with van der Waals surface area (Å²) in [6.45, 7) is 6.44. The summed E-state index contributed by atoms with van der Waals surface area (Å²) >= 11 is 0. The zero-order valence-electron chi connectivity index (χ0n) is 12.4. The number of rotatable bonds is 4. The predicted molar refractivity (Wildman–Crippen MR) is 80.4 cm³/mol. The van der Waals surface area contributed by atoms with Crippen LogP contribution >= 0.6 is 0 Å². The van der Waals surface area contributed by atoms with Gasteiger partial charge < -0.3 is 16.4 Å². The van der Waals surface area contributed by atoms with Crippen molar-refractivity contribution in [2.75, 3.05) is 18.0 Å². The number of carbonyl (C=O) groups is 1. The van der Waals surface area contributed by atoms with Gasteiger partial charge in [0.1, 0.15) is 5.82 Å². The second-order valence-electron chi connectivity index (χ2n) is 5.69. The molecule has 0 spiro atoms. The third-order valence-corrected chi connectivity index (χ3v) is 4.06. The number of aryl methyl sites for hydroxylation is 2. The van der Waals surface area contributed by atoms with E-state index < -0.39 is 0 Å². The minimum absolute atomic E-state index is 0.198. The number of nitrogens with two attached hydrogens (primary N) is 2. The molecule has 1 fully saturated rings. The molecule has 1 amide bonds. The van der Waals surface area contributed by atoms with Gasteiger partial charge in [0, 0.05) is 37.3 Å². The van der Waals surface area contributed by atoms with E-state index in [0.717, 1.165) is 43.0 Å². The molecule has 0 radical (unpaired) electrons. The van der Waals surface area contributed by atoms with Crippen molar-refractivity contribution in [3.63, 3.8) is 0 Å². The van der Waals surface area contributed by atoms with E-state index in [9.17, 15) is 4.79 Å². The quantitative estimate of drug-likeness (QED) is 0.866. The number of carbonyl (C=O) groups excluding carboxylic acids is 1. The SMILES string of the molecule is Cc1cc(C)c(CN)c(N2CCC(CC(N)=O)CC2)n1. The normalized spacial score (nSPS) is 16.4. The largest absolute Gasteiger partial charge is 0.370 e. The van der Waals surface area contributed by atoms with E-state index in [-0.39, 0.29) is 5.91 Å². The first-order valence-electron chi connectivity index (χ1n) is 7.21. The lowest BCUT2D eigenvalue weighted by molar-refractivity contribution is -0.119. The fourth-order valence-corrected chi connectivity index (χ4v) is 2.99. The van der Waals surface area contributed by atoms with Gasteiger partial charge in [0.25, 0.3) is 0 Å². The average Bonchev–Trinajstić information content (AvgIpc) is 2.38. The highest BCUT2D eigenvalue weighted by molar-refractivity contribution is 5.74. The van der Waals surface area contributed by atoms with Gasteiger partial charge in [-0.1, -0.05) is 0 Å². The zero-order valence-corrected chi connectivity index (χ0v) is 12.4. The molecule has 0 aromatic carbocycles. The van der Waals surface area contributed by atoms with Crippen LogP contribution in [0.15, 0.2) is 6.07 Å². The van der Waals surface area contributed by atoms with Crippen LogP contribution in [0.3, 0.4) is 0 Å². The molecule has 5 nitrogen and oxygen atoms in total. The number of pyridine rings is 1. The van der Waals surface area contributed by atoms with E-state index >= 15 is 0 Å². The van der Waals surface area contributed by atoms with Crippen molar-refractivity contribution in [2.45, 2.75) is 39.7 Å². The van der Waals surface area contributed by atoms with Crippen molar-refractivity contribution in [1.82, 2.24) is 4.98 Å². The Kier molecular flexibility index (Phi) is 4.60. The van der Waals surface area contributed by atoms with Crippen molar-refractivity contribution in [1.29, 1.82) is 0 Å². The minimum Gasteiger partial charge on any atom is -0.370 e. The van der Waals surface area contributed by atoms with E-state index in [0.29, 0.717) is 18.9 Å². The number of primary amides is 1. The summed E-state index contributed by atoms with van der Waals surface area (Å²) in [5.74, 6) is 1.23. The third-order valence-electron chi connectivity index (χ3n) is 4.06. The number of aromatic nitrogens is 1. The molecule has 1 aromatic heterocycles. The molecule has 2 rings (SSSR count). The second-order valence-corrected chi connectivity index (χ2v) is 5.69. The predicted octanol–water partition coefficient (Wildman–Crippen LogP) is 1.25. The summed E-state index contributed by atoms with van der Waals surface area (Å²) in [6, 6.07) is 2.07. The highest BCUT2D eigenvalue weighted by Crippen LogP contribution is 2.28. The molecule has 0 saturated carbocycles. The summed E-state index contributed by atoms with van der Waals surface area (Å²) in [5, 5.41) is 0. The van der Waals surface area contributed by atoms with Crippen LogP contribution < -0.4 is 16.4 Å². The van der Waals surface area contributed by atoms with Crippen molar-refractivity contribution >= 4 is 11.7 Å². The zero-order chi connectivity index (χ0) is 14.7. The lowest BCUT2D eigenvalue weighted by atomic mass is 9.93. The van der Waals surface area contributed by atoms with Crippen LogP contribution in [0.2, 0.25) is 0 Å². The Hall–Kier alpha value is -1.62. The van der Waals surface area contributed by atoms with E-state index in [2.05, 4.69) is 22.9 Å². The molecule has 1 aliphatic rings. The topological polar surface area (TPSA) is 85.2 Å². The van der Waals surface area contributed by atoms with Crippen LogP contribution in [0.1, 0.15) is 36.1 Å². The molecule has 0 unspecified atom stereocenters. The molecule has 1 saturated heterocycles. The Morgan fingerprint density at radius 1 is 1.40 bits per heavy atom. The molecule has 20 heavy (non-hydrogen) atoms. The van der Waals surface area contributed by atoms with Gasteiger partial charge in [-0.25, -0.2) is 4.98 Å². The van der Waals surface area contributed by atoms with Gasteiger partial charge in [0.2, 0.25) is 5.91 Å². The standard InChI is InChI=1S/C15H24N4O/c1-10-7-11(2)18-15(13(10)9-16)19-5-3-12(4-6-19)8-14(17)20/h7,12H,3-6,8-9,16H2,1-2H3,(H2,17,20). The molecule has 0 bridgehead atoms. The highest BCUT2D eigenvalue weighted by atomic mass is 16.1. The van der Waals surface area contributed by atoms with Crippen molar-refractivity contribution < 1.29 is 4.79 Å². The summed E-state index contributed by atoms with van der Waals surface area (Å²) in [6.07, 6.45) is 2.47. The fourth-order valence-electron chi connectivity index (χ4n) is 2.99. The number of hydrogen-bond donors (Lipinski definition) is 2. The third kappa shape index (κ3) is 3.28. The van der Waals surface area contributed by atoms with Gasteiger partial charge in [-0.05, 0) is 44.2 Å². The molecule has 1 aliphatic heterocycles. The monoisotopic (exact) mass is 276 g/mol. The minimum atomic E-state index is -0.198. The van der Waals surface area contributed by atoms with Gasteiger partial charge in [-0.2, -0.15) is 0 Å². The molecule has 4 N–H and O–H groups in total. The van der Waals surface area contributed by atoms with Crippen LogP contribution in [0.4, 0.5) is 5.82 Å². The molecular formula is C15H24N4O. The Balaban J connectivity index is 2.12. The average molecular weight is 276 g/mol. The number of amides is 1. The number of anilines is 1. The molecule has 0 atom stereocenters. The van der Waals surface area contributed by atoms with Gasteiger partial charge in [0.05, 0.1) is 0 Å². The molecule has 5 heteroatoms. The lowest BCUT2D eigenvalue weighted by Gasteiger charge is -2.34. The van der Waals surface area contributed by atoms with Gasteiger partial charge in [-0.3, -0.25) is 4.79 Å². The Bertz CT molecular complexity index is 493. The molecular weight excluding hydrogens is 252 g/mol. The summed E-state index contributed by atoms with van der Waals surface area (Å²) in [4.78, 5) is 17.9. The maximum absolute atomic E-state index is 11.0. The summed E-state index contributed by atoms with van der Waals surface area (Å²) in [5.41, 5.74) is 14.5. The smallest absolute Gasteiger partial charge is 0.217 e. The van der Waals surface area contributed by atoms with Crippen LogP contribution in [-0.4, -0.2) is 24.0 Å². The Morgan fingerprint density at radius 3 is 2.60 bits per heavy atom. The number of nitrogens with zero attached hydrogens (tertiary/aromatic N) is 2. The Labute approximate surface area is 120 Å². The molecule has 2 heterocycles. The van der Waals surface area contributed by atoms with E-state index in [1.54, 1.807) is 0 Å². The van der Waals surface area contributed by atoms with Crippen LogP contribution in [0, 0.1) is 19.8 Å². The first-order valence-corrected chi connectivity index (χ1v) is 7.21. The number of piperidine rings is 1. The summed E-state index contributed by atoms with van der Waals surface area (Å²) in [7, 11) is 0.